The van der Waals surface area contributed by atoms with E-state index in [0.717, 1.165) is 0 Å². The molecule has 0 aliphatic rings. The zero-order valence-corrected chi connectivity index (χ0v) is 12.4. The van der Waals surface area contributed by atoms with E-state index in [1.807, 2.05) is 0 Å². The molecule has 0 rings (SSSR count). The van der Waals surface area contributed by atoms with E-state index in [1.54, 1.807) is 27.7 Å². The average molecular weight is 310 g/mol. The summed E-state index contributed by atoms with van der Waals surface area (Å²) < 4.78 is 40.6. The van der Waals surface area contributed by atoms with Gasteiger partial charge in [-0.15, -0.1) is 0 Å². The lowest BCUT2D eigenvalue weighted by Crippen LogP contribution is -2.08. The SMILES string of the molecule is CC(C)OP(=O)(OSOP(=O)(O)O)OC(C)C. The fourth-order valence-corrected chi connectivity index (χ4v) is 3.00. The number of hydrogen-bond donors (Lipinski definition) is 2. The molecule has 104 valence electrons. The van der Waals surface area contributed by atoms with Gasteiger partial charge in [-0.2, -0.15) is 7.94 Å². The Balaban J connectivity index is 4.39. The molecular formula is C6H16O8P2S. The average Bonchev–Trinajstić information content (AvgIpc) is 1.95. The van der Waals surface area contributed by atoms with Crippen LogP contribution in [0.15, 0.2) is 0 Å². The first-order valence-corrected chi connectivity index (χ1v) is 8.27. The molecule has 17 heavy (non-hydrogen) atoms. The molecule has 0 atom stereocenters. The Hall–Kier alpha value is 0.570. The Labute approximate surface area is 104 Å². The predicted molar refractivity (Wildman–Crippen MR) is 61.9 cm³/mol. The maximum absolute atomic E-state index is 11.9. The highest BCUT2D eigenvalue weighted by molar-refractivity contribution is 7.96. The molecule has 0 saturated heterocycles. The molecule has 0 saturated carbocycles. The number of phosphoric ester groups is 1. The van der Waals surface area contributed by atoms with Gasteiger partial charge in [0.1, 0.15) is 0 Å². The Kier molecular flexibility index (Phi) is 7.47. The van der Waals surface area contributed by atoms with Crippen molar-refractivity contribution in [2.75, 3.05) is 0 Å². The minimum atomic E-state index is -4.71. The Morgan fingerprint density at radius 1 is 0.941 bits per heavy atom. The van der Waals surface area contributed by atoms with Crippen molar-refractivity contribution >= 4 is 28.0 Å². The second-order valence-corrected chi connectivity index (χ2v) is 7.09. The van der Waals surface area contributed by atoms with Crippen molar-refractivity contribution in [2.45, 2.75) is 39.9 Å². The summed E-state index contributed by atoms with van der Waals surface area (Å²) in [7, 11) is -8.64. The summed E-state index contributed by atoms with van der Waals surface area (Å²) in [5.74, 6) is 0. The molecule has 0 bridgehead atoms. The summed E-state index contributed by atoms with van der Waals surface area (Å²) in [6.45, 7) is 6.42. The van der Waals surface area contributed by atoms with Gasteiger partial charge in [0.05, 0.1) is 12.2 Å². The molecule has 0 spiro atoms. The smallest absolute Gasteiger partial charge is 0.302 e. The second kappa shape index (κ2) is 7.23. The Bertz CT molecular complexity index is 299. The van der Waals surface area contributed by atoms with E-state index in [0.29, 0.717) is 0 Å². The van der Waals surface area contributed by atoms with Crippen LogP contribution in [0.25, 0.3) is 0 Å². The van der Waals surface area contributed by atoms with Crippen molar-refractivity contribution in [3.8, 4) is 0 Å². The summed E-state index contributed by atoms with van der Waals surface area (Å²) in [6, 6.07) is 0. The first kappa shape index (κ1) is 17.6. The van der Waals surface area contributed by atoms with Gasteiger partial charge >= 0.3 is 15.6 Å². The van der Waals surface area contributed by atoms with E-state index >= 15 is 0 Å². The second-order valence-electron chi connectivity index (χ2n) is 3.46. The van der Waals surface area contributed by atoms with Crippen LogP contribution in [0.1, 0.15) is 27.7 Å². The molecule has 0 aliphatic carbocycles. The van der Waals surface area contributed by atoms with Gasteiger partial charge in [-0.25, -0.2) is 9.13 Å². The fraction of sp³-hybridized carbons (Fsp3) is 1.00. The predicted octanol–water partition coefficient (Wildman–Crippen LogP) is 2.63. The van der Waals surface area contributed by atoms with Crippen LogP contribution < -0.4 is 0 Å². The summed E-state index contributed by atoms with van der Waals surface area (Å²) in [5, 5.41) is 0. The molecule has 2 N–H and O–H groups in total. The standard InChI is InChI=1S/C6H16O8P2S/c1-5(2)11-16(10,12-6(3)4)14-17-13-15(7,8)9/h5-6H,1-4H3,(H2,7,8,9). The molecule has 11 heteroatoms. The molecule has 0 radical (unpaired) electrons. The van der Waals surface area contributed by atoms with Crippen LogP contribution in [0.5, 0.6) is 0 Å². The largest absolute Gasteiger partial charge is 0.488 e. The summed E-state index contributed by atoms with van der Waals surface area (Å²) in [6.07, 6.45) is -0.898. The van der Waals surface area contributed by atoms with Gasteiger partial charge in [0.25, 0.3) is 0 Å². The van der Waals surface area contributed by atoms with Crippen LogP contribution in [0.3, 0.4) is 0 Å². The molecular weight excluding hydrogens is 294 g/mol. The van der Waals surface area contributed by atoms with E-state index in [-0.39, 0.29) is 12.3 Å². The maximum Gasteiger partial charge on any atom is 0.488 e. The van der Waals surface area contributed by atoms with Gasteiger partial charge in [0, 0.05) is 0 Å². The molecule has 0 aromatic carbocycles. The van der Waals surface area contributed by atoms with Gasteiger partial charge in [-0.05, 0) is 27.7 Å². The van der Waals surface area contributed by atoms with E-state index < -0.39 is 27.9 Å². The van der Waals surface area contributed by atoms with Gasteiger partial charge in [-0.3, -0.25) is 9.05 Å². The van der Waals surface area contributed by atoms with Crippen LogP contribution in [0.4, 0.5) is 0 Å². The van der Waals surface area contributed by atoms with Crippen molar-refractivity contribution in [1.82, 2.24) is 0 Å². The van der Waals surface area contributed by atoms with Crippen LogP contribution in [0.2, 0.25) is 0 Å². The molecule has 0 aromatic heterocycles. The zero-order chi connectivity index (χ0) is 13.7. The fourth-order valence-electron chi connectivity index (χ4n) is 0.667. The lowest BCUT2D eigenvalue weighted by Gasteiger charge is -2.20. The van der Waals surface area contributed by atoms with Gasteiger partial charge in [0.15, 0.2) is 12.3 Å². The normalized spacial score (nSPS) is 13.6. The minimum absolute atomic E-state index is 0.125. The van der Waals surface area contributed by atoms with Gasteiger partial charge in [-0.1, -0.05) is 0 Å². The van der Waals surface area contributed by atoms with E-state index in [4.69, 9.17) is 18.8 Å². The minimum Gasteiger partial charge on any atom is -0.302 e. The summed E-state index contributed by atoms with van der Waals surface area (Å²) in [4.78, 5) is 16.8. The first-order valence-electron chi connectivity index (χ1n) is 4.61. The van der Waals surface area contributed by atoms with Gasteiger partial charge in [0.2, 0.25) is 0 Å². The quantitative estimate of drug-likeness (QED) is 0.516. The zero-order valence-electron chi connectivity index (χ0n) is 9.80. The molecule has 0 unspecified atom stereocenters. The highest BCUT2D eigenvalue weighted by Crippen LogP contribution is 2.57. The van der Waals surface area contributed by atoms with E-state index in [9.17, 15) is 9.13 Å². The first-order chi connectivity index (χ1) is 7.54. The van der Waals surface area contributed by atoms with Gasteiger partial charge < -0.3 is 9.79 Å². The Morgan fingerprint density at radius 3 is 1.65 bits per heavy atom. The van der Waals surface area contributed by atoms with Crippen molar-refractivity contribution in [2.24, 2.45) is 0 Å². The van der Waals surface area contributed by atoms with Crippen molar-refractivity contribution in [1.29, 1.82) is 0 Å². The summed E-state index contributed by atoms with van der Waals surface area (Å²) in [5.41, 5.74) is 0. The van der Waals surface area contributed by atoms with Crippen molar-refractivity contribution < 1.29 is 35.9 Å². The molecule has 0 amide bonds. The molecule has 0 heterocycles. The lowest BCUT2D eigenvalue weighted by atomic mass is 10.5. The Morgan fingerprint density at radius 2 is 1.35 bits per heavy atom. The summed E-state index contributed by atoms with van der Waals surface area (Å²) >= 11 is -0.125. The van der Waals surface area contributed by atoms with Crippen molar-refractivity contribution in [3.05, 3.63) is 0 Å². The van der Waals surface area contributed by atoms with Crippen molar-refractivity contribution in [3.63, 3.8) is 0 Å². The number of phosphoric acid groups is 2. The third kappa shape index (κ3) is 10.2. The molecule has 0 fully saturated rings. The highest BCUT2D eigenvalue weighted by Gasteiger charge is 2.32. The van der Waals surface area contributed by atoms with Crippen LogP contribution in [-0.2, 0) is 26.1 Å². The van der Waals surface area contributed by atoms with E-state index in [1.165, 1.54) is 0 Å². The third-order valence-electron chi connectivity index (χ3n) is 0.929. The maximum atomic E-state index is 11.9. The molecule has 8 nitrogen and oxygen atoms in total. The number of rotatable bonds is 8. The van der Waals surface area contributed by atoms with Crippen LogP contribution in [0, 0.1) is 0 Å². The molecule has 0 aliphatic heterocycles. The highest BCUT2D eigenvalue weighted by atomic mass is 32.2. The van der Waals surface area contributed by atoms with Crippen LogP contribution in [-0.4, -0.2) is 22.0 Å². The third-order valence-corrected chi connectivity index (χ3v) is 4.28. The monoisotopic (exact) mass is 310 g/mol. The van der Waals surface area contributed by atoms with E-state index in [2.05, 4.69) is 7.94 Å². The lowest BCUT2D eigenvalue weighted by molar-refractivity contribution is 0.107. The number of hydrogen-bond acceptors (Lipinski definition) is 7. The van der Waals surface area contributed by atoms with Crippen LogP contribution >= 0.6 is 28.0 Å². The topological polar surface area (TPSA) is 112 Å². The molecule has 0 aromatic rings.